The summed E-state index contributed by atoms with van der Waals surface area (Å²) in [7, 11) is 0. The number of benzene rings is 1. The second kappa shape index (κ2) is 14.7. The van der Waals surface area contributed by atoms with Gasteiger partial charge in [-0.2, -0.15) is 0 Å². The second-order valence-corrected chi connectivity index (χ2v) is 6.82. The molecule has 0 saturated heterocycles. The fraction of sp³-hybridized carbons (Fsp3) is 0.600. The van der Waals surface area contributed by atoms with Crippen molar-refractivity contribution < 1.29 is 4.79 Å². The molecule has 7 heteroatoms. The van der Waals surface area contributed by atoms with Gasteiger partial charge in [0.15, 0.2) is 5.96 Å². The number of guanidine groups is 1. The normalized spacial score (nSPS) is 11.5. The van der Waals surface area contributed by atoms with Gasteiger partial charge in [0.2, 0.25) is 5.91 Å². The summed E-state index contributed by atoms with van der Waals surface area (Å²) < 4.78 is 0. The second-order valence-electron chi connectivity index (χ2n) is 6.82. The molecule has 0 aliphatic heterocycles. The molecule has 6 nitrogen and oxygen atoms in total. The van der Waals surface area contributed by atoms with Gasteiger partial charge in [-0.3, -0.25) is 9.69 Å². The SMILES string of the molecule is CCNC(=NCC(=O)Nc1ccccc1)NCCCN(C(C)C)C(C)C.I. The molecule has 154 valence electrons. The van der Waals surface area contributed by atoms with E-state index < -0.39 is 0 Å². The van der Waals surface area contributed by atoms with Crippen LogP contribution in [0.1, 0.15) is 41.0 Å². The van der Waals surface area contributed by atoms with Crippen LogP contribution in [-0.4, -0.2) is 55.0 Å². The number of carbonyl (C=O) groups excluding carboxylic acids is 1. The number of anilines is 1. The average molecular weight is 489 g/mol. The van der Waals surface area contributed by atoms with E-state index in [0.717, 1.165) is 31.7 Å². The highest BCUT2D eigenvalue weighted by Gasteiger charge is 2.12. The van der Waals surface area contributed by atoms with Crippen LogP contribution in [0, 0.1) is 0 Å². The number of hydrogen-bond donors (Lipinski definition) is 3. The molecule has 0 heterocycles. The van der Waals surface area contributed by atoms with Crippen molar-refractivity contribution in [2.24, 2.45) is 4.99 Å². The summed E-state index contributed by atoms with van der Waals surface area (Å²) in [4.78, 5) is 18.8. The van der Waals surface area contributed by atoms with Gasteiger partial charge in [0, 0.05) is 37.4 Å². The van der Waals surface area contributed by atoms with E-state index in [9.17, 15) is 4.79 Å². The molecule has 0 saturated carbocycles. The lowest BCUT2D eigenvalue weighted by Crippen LogP contribution is -2.41. The smallest absolute Gasteiger partial charge is 0.246 e. The molecule has 0 radical (unpaired) electrons. The van der Waals surface area contributed by atoms with E-state index >= 15 is 0 Å². The number of amides is 1. The van der Waals surface area contributed by atoms with E-state index in [2.05, 4.69) is 53.5 Å². The standard InChI is InChI=1S/C20H35N5O.HI/c1-6-21-20(22-13-10-14-25(16(2)3)17(4)5)23-15-19(26)24-18-11-8-7-9-12-18;/h7-9,11-12,16-17H,6,10,13-15H2,1-5H3,(H,24,26)(H2,21,22,23);1H. The average Bonchev–Trinajstić information content (AvgIpc) is 2.59. The largest absolute Gasteiger partial charge is 0.357 e. The molecule has 0 unspecified atom stereocenters. The molecular weight excluding hydrogens is 453 g/mol. The number of para-hydroxylation sites is 1. The first-order valence-corrected chi connectivity index (χ1v) is 9.56. The molecule has 0 bridgehead atoms. The van der Waals surface area contributed by atoms with Crippen molar-refractivity contribution in [3.8, 4) is 0 Å². The monoisotopic (exact) mass is 489 g/mol. The number of nitrogens with zero attached hydrogens (tertiary/aromatic N) is 2. The highest BCUT2D eigenvalue weighted by Crippen LogP contribution is 2.05. The minimum Gasteiger partial charge on any atom is -0.357 e. The minimum absolute atomic E-state index is 0. The van der Waals surface area contributed by atoms with E-state index in [1.54, 1.807) is 0 Å². The fourth-order valence-electron chi connectivity index (χ4n) is 2.80. The Hall–Kier alpha value is -1.35. The van der Waals surface area contributed by atoms with Crippen LogP contribution in [0.25, 0.3) is 0 Å². The fourth-order valence-corrected chi connectivity index (χ4v) is 2.80. The molecule has 0 aromatic heterocycles. The van der Waals surface area contributed by atoms with Gasteiger partial charge in [-0.1, -0.05) is 18.2 Å². The van der Waals surface area contributed by atoms with E-state index in [1.807, 2.05) is 37.3 Å². The predicted octanol–water partition coefficient (Wildman–Crippen LogP) is 3.31. The Morgan fingerprint density at radius 3 is 2.26 bits per heavy atom. The molecule has 0 fully saturated rings. The van der Waals surface area contributed by atoms with Gasteiger partial charge >= 0.3 is 0 Å². The van der Waals surface area contributed by atoms with Crippen LogP contribution in [-0.2, 0) is 4.79 Å². The molecule has 0 atom stereocenters. The molecule has 0 aliphatic carbocycles. The summed E-state index contributed by atoms with van der Waals surface area (Å²) in [6.07, 6.45) is 1.02. The zero-order valence-corrected chi connectivity index (χ0v) is 19.6. The number of hydrogen-bond acceptors (Lipinski definition) is 3. The Kier molecular flexibility index (Phi) is 13.9. The highest BCUT2D eigenvalue weighted by atomic mass is 127. The molecule has 27 heavy (non-hydrogen) atoms. The molecule has 1 aromatic rings. The Morgan fingerprint density at radius 1 is 1.07 bits per heavy atom. The van der Waals surface area contributed by atoms with E-state index in [0.29, 0.717) is 18.0 Å². The molecule has 1 rings (SSSR count). The zero-order valence-electron chi connectivity index (χ0n) is 17.3. The van der Waals surface area contributed by atoms with Crippen LogP contribution >= 0.6 is 24.0 Å². The van der Waals surface area contributed by atoms with Crippen molar-refractivity contribution in [1.82, 2.24) is 15.5 Å². The molecular formula is C20H36IN5O. The molecule has 1 amide bonds. The van der Waals surface area contributed by atoms with Crippen LogP contribution < -0.4 is 16.0 Å². The summed E-state index contributed by atoms with van der Waals surface area (Å²) in [6, 6.07) is 10.5. The quantitative estimate of drug-likeness (QED) is 0.204. The summed E-state index contributed by atoms with van der Waals surface area (Å²) in [5.74, 6) is 0.551. The lowest BCUT2D eigenvalue weighted by molar-refractivity contribution is -0.114. The van der Waals surface area contributed by atoms with Crippen molar-refractivity contribution >= 4 is 41.5 Å². The van der Waals surface area contributed by atoms with Crippen LogP contribution in [0.5, 0.6) is 0 Å². The Morgan fingerprint density at radius 2 is 1.70 bits per heavy atom. The predicted molar refractivity (Wildman–Crippen MR) is 126 cm³/mol. The Bertz CT molecular complexity index is 541. The minimum atomic E-state index is -0.126. The van der Waals surface area contributed by atoms with Crippen molar-refractivity contribution in [1.29, 1.82) is 0 Å². The van der Waals surface area contributed by atoms with Gasteiger partial charge in [0.25, 0.3) is 0 Å². The van der Waals surface area contributed by atoms with Crippen LogP contribution in [0.4, 0.5) is 5.69 Å². The van der Waals surface area contributed by atoms with Gasteiger partial charge in [-0.25, -0.2) is 4.99 Å². The van der Waals surface area contributed by atoms with E-state index in [1.165, 1.54) is 0 Å². The third-order valence-corrected chi connectivity index (χ3v) is 3.99. The van der Waals surface area contributed by atoms with E-state index in [-0.39, 0.29) is 36.4 Å². The zero-order chi connectivity index (χ0) is 19.4. The maximum Gasteiger partial charge on any atom is 0.246 e. The van der Waals surface area contributed by atoms with Crippen LogP contribution in [0.2, 0.25) is 0 Å². The van der Waals surface area contributed by atoms with E-state index in [4.69, 9.17) is 0 Å². The first-order chi connectivity index (χ1) is 12.4. The third kappa shape index (κ3) is 11.2. The van der Waals surface area contributed by atoms with Gasteiger partial charge in [-0.15, -0.1) is 24.0 Å². The van der Waals surface area contributed by atoms with Crippen molar-refractivity contribution in [2.45, 2.75) is 53.1 Å². The number of carbonyl (C=O) groups is 1. The molecule has 1 aromatic carbocycles. The maximum atomic E-state index is 12.0. The topological polar surface area (TPSA) is 68.8 Å². The van der Waals surface area contributed by atoms with Gasteiger partial charge in [0.05, 0.1) is 0 Å². The number of nitrogens with one attached hydrogen (secondary N) is 3. The summed E-state index contributed by atoms with van der Waals surface area (Å²) >= 11 is 0. The third-order valence-electron chi connectivity index (χ3n) is 3.99. The summed E-state index contributed by atoms with van der Waals surface area (Å²) in [5.41, 5.74) is 0.785. The highest BCUT2D eigenvalue weighted by molar-refractivity contribution is 14.0. The van der Waals surface area contributed by atoms with Crippen LogP contribution in [0.15, 0.2) is 35.3 Å². The molecule has 0 spiro atoms. The maximum absolute atomic E-state index is 12.0. The number of rotatable bonds is 10. The first kappa shape index (κ1) is 25.6. The van der Waals surface area contributed by atoms with Gasteiger partial charge < -0.3 is 16.0 Å². The number of halogens is 1. The van der Waals surface area contributed by atoms with Gasteiger partial charge in [0.1, 0.15) is 6.54 Å². The molecule has 0 aliphatic rings. The Labute approximate surface area is 181 Å². The lowest BCUT2D eigenvalue weighted by atomic mass is 10.2. The lowest BCUT2D eigenvalue weighted by Gasteiger charge is -2.30. The van der Waals surface area contributed by atoms with Crippen molar-refractivity contribution in [2.75, 3.05) is 31.5 Å². The van der Waals surface area contributed by atoms with Crippen molar-refractivity contribution in [3.05, 3.63) is 30.3 Å². The summed E-state index contributed by atoms with van der Waals surface area (Å²) in [6.45, 7) is 13.6. The number of aliphatic imine (C=N–C) groups is 1. The Balaban J connectivity index is 0.00000676. The van der Waals surface area contributed by atoms with Gasteiger partial charge in [-0.05, 0) is 53.2 Å². The molecule has 3 N–H and O–H groups in total. The van der Waals surface area contributed by atoms with Crippen molar-refractivity contribution in [3.63, 3.8) is 0 Å². The summed E-state index contributed by atoms with van der Waals surface area (Å²) in [5, 5.41) is 9.32. The first-order valence-electron chi connectivity index (χ1n) is 9.56. The van der Waals surface area contributed by atoms with Crippen LogP contribution in [0.3, 0.4) is 0 Å².